The Kier molecular flexibility index (Phi) is 14.8. The molecular weight excluding hydrogens is 660 g/mol. The minimum Gasteiger partial charge on any atom is -0.492 e. The predicted molar refractivity (Wildman–Crippen MR) is 184 cm³/mol. The number of aromatic nitrogens is 2. The highest BCUT2D eigenvalue weighted by atomic mass is 35.5. The first-order chi connectivity index (χ1) is 22.8. The summed E-state index contributed by atoms with van der Waals surface area (Å²) < 4.78 is 16.4. The van der Waals surface area contributed by atoms with Gasteiger partial charge < -0.3 is 42.0 Å². The Balaban J connectivity index is 1.76. The summed E-state index contributed by atoms with van der Waals surface area (Å²) >= 11 is 5.80. The number of nitrogens with one attached hydrogen (secondary N) is 4. The van der Waals surface area contributed by atoms with Crippen LogP contribution in [0.15, 0.2) is 24.3 Å². The maximum Gasteiger partial charge on any atom is 0.420 e. The van der Waals surface area contributed by atoms with Crippen molar-refractivity contribution in [1.82, 2.24) is 30.8 Å². The number of nitrogens with two attached hydrogens (primary N) is 3. The number of aryl methyl sites for hydroxylation is 1. The molecule has 0 aliphatic rings. The van der Waals surface area contributed by atoms with Crippen molar-refractivity contribution < 1.29 is 33.4 Å². The summed E-state index contributed by atoms with van der Waals surface area (Å²) in [5, 5.41) is 15.9. The van der Waals surface area contributed by atoms with Crippen LogP contribution in [0.3, 0.4) is 0 Å². The molecule has 0 saturated carbocycles. The Morgan fingerprint density at radius 3 is 2.06 bits per heavy atom. The van der Waals surface area contributed by atoms with E-state index >= 15 is 0 Å². The molecule has 1 heterocycles. The summed E-state index contributed by atoms with van der Waals surface area (Å²) in [7, 11) is 0. The van der Waals surface area contributed by atoms with Crippen LogP contribution in [0.5, 0.6) is 5.75 Å². The molecule has 2 rings (SSSR count). The van der Waals surface area contributed by atoms with Crippen molar-refractivity contribution in [3.05, 3.63) is 40.7 Å². The fourth-order valence-electron chi connectivity index (χ4n) is 4.00. The normalized spacial score (nSPS) is 12.0. The van der Waals surface area contributed by atoms with Gasteiger partial charge in [0.25, 0.3) is 5.91 Å². The summed E-state index contributed by atoms with van der Waals surface area (Å²) in [6.45, 7) is 10.6. The molecule has 0 bridgehead atoms. The molecule has 0 saturated heterocycles. The summed E-state index contributed by atoms with van der Waals surface area (Å²) in [5.41, 5.74) is 15.7. The summed E-state index contributed by atoms with van der Waals surface area (Å²) in [5.74, 6) is -1.54. The van der Waals surface area contributed by atoms with Gasteiger partial charge in [0.15, 0.2) is 28.4 Å². The molecule has 0 radical (unpaired) electrons. The first kappa shape index (κ1) is 40.3. The lowest BCUT2D eigenvalue weighted by Crippen LogP contribution is -2.57. The molecule has 0 spiro atoms. The van der Waals surface area contributed by atoms with E-state index in [1.807, 2.05) is 24.3 Å². The first-order valence-corrected chi connectivity index (χ1v) is 15.8. The second kappa shape index (κ2) is 18.0. The molecule has 18 heteroatoms. The quantitative estimate of drug-likeness (QED) is 0.0847. The number of ether oxygens (including phenoxy) is 3. The largest absolute Gasteiger partial charge is 0.492 e. The van der Waals surface area contributed by atoms with Gasteiger partial charge in [0.05, 0.1) is 0 Å². The molecule has 0 aliphatic carbocycles. The summed E-state index contributed by atoms with van der Waals surface area (Å²) in [6.07, 6.45) is 0.218. The molecule has 2 aromatic rings. The lowest BCUT2D eigenvalue weighted by atomic mass is 10.1. The number of unbranched alkanes of at least 4 members (excludes halogenated alkanes) is 1. The van der Waals surface area contributed by atoms with E-state index in [1.54, 1.807) is 41.5 Å². The lowest BCUT2D eigenvalue weighted by Gasteiger charge is -2.32. The van der Waals surface area contributed by atoms with Gasteiger partial charge in [-0.1, -0.05) is 23.7 Å². The number of carbonyl (C=O) groups excluding carboxylic acids is 4. The van der Waals surface area contributed by atoms with Crippen molar-refractivity contribution in [1.29, 1.82) is 5.41 Å². The SMILES string of the molecule is CC(C)(C)OC(=O)N(C(=O)OC(C)(C)C)C(CNCCOc1ccc(CCCCNC(=N)NC(=O)c2nc(Cl)c(N)nc2N)cc1)C(N)=O. The molecule has 17 nitrogen and oxygen atoms in total. The lowest BCUT2D eigenvalue weighted by molar-refractivity contribution is -0.123. The molecule has 49 heavy (non-hydrogen) atoms. The number of rotatable bonds is 14. The predicted octanol–water partition coefficient (Wildman–Crippen LogP) is 2.57. The maximum absolute atomic E-state index is 12.9. The second-order valence-corrected chi connectivity index (χ2v) is 13.1. The van der Waals surface area contributed by atoms with Crippen molar-refractivity contribution in [2.75, 3.05) is 37.7 Å². The number of benzene rings is 1. The number of anilines is 2. The Morgan fingerprint density at radius 1 is 0.918 bits per heavy atom. The Bertz CT molecular complexity index is 1450. The third-order valence-corrected chi connectivity index (χ3v) is 6.46. The van der Waals surface area contributed by atoms with Crippen LogP contribution >= 0.6 is 11.6 Å². The zero-order valence-corrected chi connectivity index (χ0v) is 29.4. The highest BCUT2D eigenvalue weighted by Gasteiger charge is 2.39. The average Bonchev–Trinajstić information content (AvgIpc) is 2.96. The Morgan fingerprint density at radius 2 is 1.51 bits per heavy atom. The number of nitrogen functional groups attached to an aromatic ring is 2. The van der Waals surface area contributed by atoms with E-state index in [-0.39, 0.29) is 48.1 Å². The van der Waals surface area contributed by atoms with Crippen molar-refractivity contribution >= 4 is 53.2 Å². The monoisotopic (exact) mass is 706 g/mol. The fraction of sp³-hybridized carbons (Fsp3) is 0.516. The van der Waals surface area contributed by atoms with Crippen LogP contribution in [-0.2, 0) is 20.7 Å². The van der Waals surface area contributed by atoms with Crippen LogP contribution in [0, 0.1) is 5.41 Å². The molecule has 270 valence electrons. The van der Waals surface area contributed by atoms with Crippen LogP contribution in [0.25, 0.3) is 0 Å². The van der Waals surface area contributed by atoms with Crippen LogP contribution < -0.4 is 37.9 Å². The number of amides is 4. The number of primary amides is 1. The summed E-state index contributed by atoms with van der Waals surface area (Å²) in [4.78, 5) is 58.5. The molecule has 1 aromatic heterocycles. The van der Waals surface area contributed by atoms with Crippen molar-refractivity contribution in [3.63, 3.8) is 0 Å². The number of hydrogen-bond donors (Lipinski definition) is 7. The summed E-state index contributed by atoms with van der Waals surface area (Å²) in [6, 6.07) is 6.16. The van der Waals surface area contributed by atoms with E-state index in [0.29, 0.717) is 17.2 Å². The van der Waals surface area contributed by atoms with Gasteiger partial charge in [0, 0.05) is 19.6 Å². The van der Waals surface area contributed by atoms with E-state index in [1.165, 1.54) is 0 Å². The molecular formula is C31H47ClN10O7. The molecule has 0 aliphatic heterocycles. The minimum atomic E-state index is -1.37. The van der Waals surface area contributed by atoms with Crippen LogP contribution in [0.2, 0.25) is 5.15 Å². The van der Waals surface area contributed by atoms with E-state index < -0.39 is 41.2 Å². The average molecular weight is 707 g/mol. The number of hydrogen-bond acceptors (Lipinski definition) is 13. The van der Waals surface area contributed by atoms with Gasteiger partial charge in [-0.2, -0.15) is 4.90 Å². The number of halogens is 1. The van der Waals surface area contributed by atoms with Gasteiger partial charge >= 0.3 is 12.2 Å². The van der Waals surface area contributed by atoms with Gasteiger partial charge in [-0.3, -0.25) is 20.3 Å². The second-order valence-electron chi connectivity index (χ2n) is 12.8. The van der Waals surface area contributed by atoms with Gasteiger partial charge in [0.1, 0.15) is 29.6 Å². The molecule has 1 aromatic carbocycles. The van der Waals surface area contributed by atoms with Gasteiger partial charge in [-0.05, 0) is 78.5 Å². The van der Waals surface area contributed by atoms with Gasteiger partial charge in [-0.15, -0.1) is 0 Å². The van der Waals surface area contributed by atoms with Crippen LogP contribution in [0.1, 0.15) is 70.4 Å². The highest BCUT2D eigenvalue weighted by molar-refractivity contribution is 6.31. The zero-order chi connectivity index (χ0) is 36.9. The fourth-order valence-corrected chi connectivity index (χ4v) is 4.12. The molecule has 10 N–H and O–H groups in total. The standard InChI is InChI=1S/C31H47ClN10O7/c1-30(2,3)48-28(45)42(29(46)49-31(4,5)6)20(25(35)43)17-37-15-16-47-19-12-10-18(11-13-19)9-7-8-14-38-27(36)41-26(44)21-23(33)40-24(34)22(32)39-21/h10-13,20,37H,7-9,14-17H2,1-6H3,(H2,35,43)(H4,33,34,40)(H3,36,38,41,44). The van der Waals surface area contributed by atoms with E-state index in [2.05, 4.69) is 25.9 Å². The van der Waals surface area contributed by atoms with Gasteiger partial charge in [0.2, 0.25) is 5.91 Å². The highest BCUT2D eigenvalue weighted by Crippen LogP contribution is 2.19. The third kappa shape index (κ3) is 14.4. The van der Waals surface area contributed by atoms with Crippen molar-refractivity contribution in [2.45, 2.75) is 78.0 Å². The molecule has 1 unspecified atom stereocenters. The van der Waals surface area contributed by atoms with Crippen molar-refractivity contribution in [2.24, 2.45) is 5.73 Å². The minimum absolute atomic E-state index is 0.0969. The van der Waals surface area contributed by atoms with Crippen molar-refractivity contribution in [3.8, 4) is 5.75 Å². The Labute approximate surface area is 290 Å². The topological polar surface area (TPSA) is 263 Å². The van der Waals surface area contributed by atoms with E-state index in [0.717, 1.165) is 24.8 Å². The van der Waals surface area contributed by atoms with E-state index in [4.69, 9.17) is 48.4 Å². The Hall–Kier alpha value is -4.90. The number of guanidine groups is 1. The number of carbonyl (C=O) groups is 4. The number of imide groups is 1. The first-order valence-electron chi connectivity index (χ1n) is 15.5. The third-order valence-electron chi connectivity index (χ3n) is 6.18. The van der Waals surface area contributed by atoms with Crippen LogP contribution in [0.4, 0.5) is 21.2 Å². The number of nitrogens with zero attached hydrogens (tertiary/aromatic N) is 3. The molecule has 4 amide bonds. The smallest absolute Gasteiger partial charge is 0.420 e. The molecule has 0 fully saturated rings. The van der Waals surface area contributed by atoms with Crippen LogP contribution in [-0.4, -0.2) is 88.3 Å². The van der Waals surface area contributed by atoms with E-state index in [9.17, 15) is 19.2 Å². The molecule has 1 atom stereocenters. The van der Waals surface area contributed by atoms with Gasteiger partial charge in [-0.25, -0.2) is 19.6 Å². The maximum atomic E-state index is 12.9. The zero-order valence-electron chi connectivity index (χ0n) is 28.6.